The van der Waals surface area contributed by atoms with Gasteiger partial charge in [-0.2, -0.15) is 0 Å². The molecule has 1 aliphatic heterocycles. The molecule has 0 bridgehead atoms. The minimum absolute atomic E-state index is 0.315. The Bertz CT molecular complexity index is 225. The van der Waals surface area contributed by atoms with Gasteiger partial charge >= 0.3 is 0 Å². The van der Waals surface area contributed by atoms with Crippen LogP contribution in [0.25, 0.3) is 0 Å². The van der Waals surface area contributed by atoms with Gasteiger partial charge in [0.1, 0.15) is 24.4 Å². The minimum Gasteiger partial charge on any atom is -0.394 e. The molecule has 0 aromatic rings. The van der Waals surface area contributed by atoms with Gasteiger partial charge in [-0.25, -0.2) is 0 Å². The highest BCUT2D eigenvalue weighted by atomic mass is 16.7. The number of nitrogens with zero attached hydrogens (tertiary/aromatic N) is 1. The van der Waals surface area contributed by atoms with Crippen molar-refractivity contribution in [1.82, 2.24) is 4.90 Å². The summed E-state index contributed by atoms with van der Waals surface area (Å²) in [5.74, 6) is 0. The zero-order valence-electron chi connectivity index (χ0n) is 10.1. The third-order valence-corrected chi connectivity index (χ3v) is 2.67. The molecule has 0 aromatic carbocycles. The van der Waals surface area contributed by atoms with E-state index in [4.69, 9.17) is 14.6 Å². The van der Waals surface area contributed by atoms with Gasteiger partial charge in [0.25, 0.3) is 0 Å². The van der Waals surface area contributed by atoms with E-state index < -0.39 is 37.3 Å². The molecule has 0 amide bonds. The van der Waals surface area contributed by atoms with E-state index in [0.717, 1.165) is 0 Å². The molecular formula is C10H21NO6. The van der Waals surface area contributed by atoms with Crippen molar-refractivity contribution >= 4 is 0 Å². The molecule has 4 N–H and O–H groups in total. The Morgan fingerprint density at radius 2 is 1.76 bits per heavy atom. The van der Waals surface area contributed by atoms with Crippen LogP contribution in [0.2, 0.25) is 0 Å². The lowest BCUT2D eigenvalue weighted by Crippen LogP contribution is -2.59. The van der Waals surface area contributed by atoms with Gasteiger partial charge in [0.15, 0.2) is 6.29 Å². The van der Waals surface area contributed by atoms with Gasteiger partial charge in [-0.1, -0.05) is 0 Å². The van der Waals surface area contributed by atoms with Crippen LogP contribution in [0.3, 0.4) is 0 Å². The van der Waals surface area contributed by atoms with Gasteiger partial charge in [0.05, 0.1) is 13.2 Å². The van der Waals surface area contributed by atoms with Crippen molar-refractivity contribution in [3.05, 3.63) is 0 Å². The number of likely N-dealkylation sites (N-methyl/N-ethyl adjacent to an activating group) is 1. The van der Waals surface area contributed by atoms with Crippen molar-refractivity contribution in [2.45, 2.75) is 30.7 Å². The molecule has 102 valence electrons. The number of aliphatic hydroxyl groups excluding tert-OH is 4. The summed E-state index contributed by atoms with van der Waals surface area (Å²) < 4.78 is 10.4. The van der Waals surface area contributed by atoms with Gasteiger partial charge < -0.3 is 34.8 Å². The average molecular weight is 251 g/mol. The smallest absolute Gasteiger partial charge is 0.186 e. The van der Waals surface area contributed by atoms with E-state index in [-0.39, 0.29) is 0 Å². The van der Waals surface area contributed by atoms with Crippen molar-refractivity contribution in [3.8, 4) is 0 Å². The van der Waals surface area contributed by atoms with E-state index in [1.165, 1.54) is 0 Å². The summed E-state index contributed by atoms with van der Waals surface area (Å²) in [5.41, 5.74) is 0. The summed E-state index contributed by atoms with van der Waals surface area (Å²) in [5, 5.41) is 37.6. The molecule has 0 radical (unpaired) electrons. The summed E-state index contributed by atoms with van der Waals surface area (Å²) in [6.07, 6.45) is -6.01. The molecule has 0 aromatic heterocycles. The van der Waals surface area contributed by atoms with Crippen LogP contribution in [0.4, 0.5) is 0 Å². The fraction of sp³-hybridized carbons (Fsp3) is 1.00. The topological polar surface area (TPSA) is 103 Å². The van der Waals surface area contributed by atoms with E-state index in [9.17, 15) is 15.3 Å². The van der Waals surface area contributed by atoms with Crippen molar-refractivity contribution < 1.29 is 29.9 Å². The zero-order valence-corrected chi connectivity index (χ0v) is 10.1. The quantitative estimate of drug-likeness (QED) is 0.424. The lowest BCUT2D eigenvalue weighted by Gasteiger charge is -2.39. The fourth-order valence-corrected chi connectivity index (χ4v) is 1.56. The first-order valence-electron chi connectivity index (χ1n) is 5.54. The van der Waals surface area contributed by atoms with Crippen LogP contribution in [-0.2, 0) is 9.47 Å². The van der Waals surface area contributed by atoms with Crippen molar-refractivity contribution in [1.29, 1.82) is 0 Å². The van der Waals surface area contributed by atoms with Gasteiger partial charge in [0.2, 0.25) is 0 Å². The molecule has 0 saturated carbocycles. The van der Waals surface area contributed by atoms with Gasteiger partial charge in [-0.05, 0) is 14.1 Å². The Hall–Kier alpha value is -0.280. The maximum Gasteiger partial charge on any atom is 0.186 e. The van der Waals surface area contributed by atoms with Crippen LogP contribution in [0.15, 0.2) is 0 Å². The highest BCUT2D eigenvalue weighted by molar-refractivity contribution is 4.88. The summed E-state index contributed by atoms with van der Waals surface area (Å²) in [7, 11) is 3.74. The molecule has 17 heavy (non-hydrogen) atoms. The van der Waals surface area contributed by atoms with Crippen LogP contribution in [0.5, 0.6) is 0 Å². The molecule has 0 spiro atoms. The number of rotatable bonds is 5. The third kappa shape index (κ3) is 3.85. The molecule has 7 nitrogen and oxygen atoms in total. The van der Waals surface area contributed by atoms with Crippen LogP contribution in [0, 0.1) is 0 Å². The maximum atomic E-state index is 9.63. The number of hydrogen-bond donors (Lipinski definition) is 4. The fourth-order valence-electron chi connectivity index (χ4n) is 1.56. The molecule has 1 rings (SSSR count). The summed E-state index contributed by atoms with van der Waals surface area (Å²) >= 11 is 0. The monoisotopic (exact) mass is 251 g/mol. The van der Waals surface area contributed by atoms with Crippen molar-refractivity contribution in [2.75, 3.05) is 33.9 Å². The van der Waals surface area contributed by atoms with Gasteiger partial charge in [-0.15, -0.1) is 0 Å². The highest BCUT2D eigenvalue weighted by Crippen LogP contribution is 2.21. The summed E-state index contributed by atoms with van der Waals surface area (Å²) in [4.78, 5) is 1.89. The molecule has 1 saturated heterocycles. The van der Waals surface area contributed by atoms with Crippen LogP contribution in [-0.4, -0.2) is 89.9 Å². The van der Waals surface area contributed by atoms with Crippen molar-refractivity contribution in [3.63, 3.8) is 0 Å². The minimum atomic E-state index is -1.38. The van der Waals surface area contributed by atoms with Gasteiger partial charge in [-0.3, -0.25) is 0 Å². The number of aliphatic hydroxyl groups is 4. The molecule has 1 fully saturated rings. The predicted octanol–water partition coefficient (Wildman–Crippen LogP) is -2.64. The van der Waals surface area contributed by atoms with E-state index in [1.54, 1.807) is 0 Å². The molecule has 0 aliphatic carbocycles. The average Bonchev–Trinajstić information content (AvgIpc) is 2.29. The standard InChI is InChI=1S/C10H21NO6/c1-11(2)3-4-16-10-9(15)8(14)7(13)6(5-12)17-10/h6-10,12-15H,3-5H2,1-2H3/t6-,7+,8+,9-,10+/m0/s1. The number of hydrogen-bond acceptors (Lipinski definition) is 7. The molecular weight excluding hydrogens is 230 g/mol. The van der Waals surface area contributed by atoms with Crippen LogP contribution < -0.4 is 0 Å². The summed E-state index contributed by atoms with van der Waals surface area (Å²) in [6, 6.07) is 0. The largest absolute Gasteiger partial charge is 0.394 e. The lowest BCUT2D eigenvalue weighted by atomic mass is 9.99. The second-order valence-electron chi connectivity index (χ2n) is 4.37. The SMILES string of the molecule is CN(C)CCO[C@@H]1O[C@@H](CO)[C@@H](O)[C@@H](O)[C@@H]1O. The highest BCUT2D eigenvalue weighted by Gasteiger charge is 2.43. The van der Waals surface area contributed by atoms with E-state index >= 15 is 0 Å². The maximum absolute atomic E-state index is 9.63. The molecule has 1 heterocycles. The second-order valence-corrected chi connectivity index (χ2v) is 4.37. The molecule has 0 unspecified atom stereocenters. The first-order chi connectivity index (χ1) is 7.97. The van der Waals surface area contributed by atoms with Crippen LogP contribution >= 0.6 is 0 Å². The van der Waals surface area contributed by atoms with Crippen molar-refractivity contribution in [2.24, 2.45) is 0 Å². The first-order valence-corrected chi connectivity index (χ1v) is 5.54. The third-order valence-electron chi connectivity index (χ3n) is 2.67. The Balaban J connectivity index is 2.47. The number of ether oxygens (including phenoxy) is 2. The van der Waals surface area contributed by atoms with E-state index in [2.05, 4.69) is 0 Å². The lowest BCUT2D eigenvalue weighted by molar-refractivity contribution is -0.301. The second kappa shape index (κ2) is 6.60. The Kier molecular flexibility index (Phi) is 5.74. The molecule has 7 heteroatoms. The Morgan fingerprint density at radius 1 is 1.12 bits per heavy atom. The van der Waals surface area contributed by atoms with E-state index in [0.29, 0.717) is 13.2 Å². The first kappa shape index (κ1) is 14.8. The zero-order chi connectivity index (χ0) is 13.0. The molecule has 1 aliphatic rings. The summed E-state index contributed by atoms with van der Waals surface area (Å²) in [6.45, 7) is 0.503. The normalized spacial score (nSPS) is 38.6. The van der Waals surface area contributed by atoms with Crippen LogP contribution in [0.1, 0.15) is 0 Å². The Labute approximate surface area is 100 Å². The van der Waals surface area contributed by atoms with E-state index in [1.807, 2.05) is 19.0 Å². The Morgan fingerprint density at radius 3 is 2.29 bits per heavy atom. The molecule has 5 atom stereocenters. The predicted molar refractivity (Wildman–Crippen MR) is 58.3 cm³/mol. The van der Waals surface area contributed by atoms with Gasteiger partial charge in [0, 0.05) is 6.54 Å².